The third-order valence-corrected chi connectivity index (χ3v) is 4.00. The van der Waals surface area contributed by atoms with Crippen molar-refractivity contribution in [3.63, 3.8) is 0 Å². The molecule has 0 atom stereocenters. The molecule has 0 amide bonds. The summed E-state index contributed by atoms with van der Waals surface area (Å²) < 4.78 is 0. The molecule has 1 aromatic heterocycles. The lowest BCUT2D eigenvalue weighted by molar-refractivity contribution is 0.458. The van der Waals surface area contributed by atoms with E-state index in [0.717, 1.165) is 32.0 Å². The summed E-state index contributed by atoms with van der Waals surface area (Å²) in [5, 5.41) is 0. The Hall–Kier alpha value is -1.05. The van der Waals surface area contributed by atoms with Crippen molar-refractivity contribution in [3.8, 4) is 0 Å². The summed E-state index contributed by atoms with van der Waals surface area (Å²) >= 11 is 0. The minimum atomic E-state index is 0. The van der Waals surface area contributed by atoms with Crippen LogP contribution in [0.25, 0.3) is 0 Å². The predicted molar refractivity (Wildman–Crippen MR) is 104 cm³/mol. The number of hydrogen-bond acceptors (Lipinski definition) is 3. The van der Waals surface area contributed by atoms with Crippen LogP contribution in [-0.4, -0.2) is 42.0 Å². The fourth-order valence-electron chi connectivity index (χ4n) is 2.67. The molecule has 5 nitrogen and oxygen atoms in total. The average Bonchev–Trinajstić information content (AvgIpc) is 2.55. The normalized spacial score (nSPS) is 15.4. The minimum Gasteiger partial charge on any atom is -0.370 e. The first kappa shape index (κ1) is 19.0. The van der Waals surface area contributed by atoms with Gasteiger partial charge in [0.05, 0.1) is 6.54 Å². The highest BCUT2D eigenvalue weighted by molar-refractivity contribution is 14.0. The van der Waals surface area contributed by atoms with Crippen LogP contribution in [0, 0.1) is 0 Å². The third-order valence-electron chi connectivity index (χ3n) is 4.00. The number of nitrogens with two attached hydrogens (primary N) is 1. The van der Waals surface area contributed by atoms with Crippen LogP contribution in [0.15, 0.2) is 23.3 Å². The highest BCUT2D eigenvalue weighted by atomic mass is 127. The monoisotopic (exact) mass is 417 g/mol. The number of pyridine rings is 1. The van der Waals surface area contributed by atoms with Gasteiger partial charge >= 0.3 is 0 Å². The zero-order valence-electron chi connectivity index (χ0n) is 13.7. The van der Waals surface area contributed by atoms with E-state index in [1.54, 1.807) is 0 Å². The van der Waals surface area contributed by atoms with Gasteiger partial charge in [-0.1, -0.05) is 0 Å². The fourth-order valence-corrected chi connectivity index (χ4v) is 2.67. The van der Waals surface area contributed by atoms with Gasteiger partial charge in [-0.2, -0.15) is 0 Å². The number of hydrogen-bond donors (Lipinski definition) is 1. The predicted octanol–water partition coefficient (Wildman–Crippen LogP) is 2.85. The number of piperidine rings is 1. The van der Waals surface area contributed by atoms with Gasteiger partial charge in [0.2, 0.25) is 0 Å². The maximum Gasteiger partial charge on any atom is 0.191 e. The molecular weight excluding hydrogens is 389 g/mol. The summed E-state index contributed by atoms with van der Waals surface area (Å²) in [6.45, 7) is 8.80. The summed E-state index contributed by atoms with van der Waals surface area (Å²) in [6.07, 6.45) is 5.74. The van der Waals surface area contributed by atoms with Crippen LogP contribution in [-0.2, 0) is 6.54 Å². The summed E-state index contributed by atoms with van der Waals surface area (Å²) in [6, 6.07) is 4.16. The van der Waals surface area contributed by atoms with Gasteiger partial charge in [-0.15, -0.1) is 24.0 Å². The largest absolute Gasteiger partial charge is 0.370 e. The molecule has 2 N–H and O–H groups in total. The molecule has 1 aliphatic rings. The summed E-state index contributed by atoms with van der Waals surface area (Å²) in [7, 11) is 0. The molecule has 124 valence electrons. The van der Waals surface area contributed by atoms with Crippen molar-refractivity contribution in [2.24, 2.45) is 10.7 Å². The van der Waals surface area contributed by atoms with Crippen LogP contribution < -0.4 is 10.6 Å². The summed E-state index contributed by atoms with van der Waals surface area (Å²) in [5.74, 6) is 1.69. The van der Waals surface area contributed by atoms with Crippen molar-refractivity contribution < 1.29 is 0 Å². The van der Waals surface area contributed by atoms with Crippen molar-refractivity contribution >= 4 is 35.8 Å². The van der Waals surface area contributed by atoms with Crippen molar-refractivity contribution in [2.75, 3.05) is 31.1 Å². The van der Waals surface area contributed by atoms with Crippen LogP contribution >= 0.6 is 24.0 Å². The number of guanidine groups is 1. The standard InChI is InChI=1S/C16H27N5.HI/c1-3-20(4-2)16(17)19-13-14-8-9-18-15(12-14)21-10-6-5-7-11-21;/h8-9,12H,3-7,10-11,13H2,1-2H3,(H2,17,19);1H. The van der Waals surface area contributed by atoms with Crippen molar-refractivity contribution in [2.45, 2.75) is 39.7 Å². The number of aliphatic imine (C=N–C) groups is 1. The third kappa shape index (κ3) is 5.30. The molecule has 0 aliphatic carbocycles. The highest BCUT2D eigenvalue weighted by Crippen LogP contribution is 2.18. The van der Waals surface area contributed by atoms with Crippen molar-refractivity contribution in [1.82, 2.24) is 9.88 Å². The zero-order chi connectivity index (χ0) is 15.1. The average molecular weight is 417 g/mol. The Labute approximate surface area is 151 Å². The van der Waals surface area contributed by atoms with E-state index in [4.69, 9.17) is 5.73 Å². The summed E-state index contributed by atoms with van der Waals surface area (Å²) in [4.78, 5) is 13.4. The lowest BCUT2D eigenvalue weighted by Gasteiger charge is -2.27. The number of rotatable bonds is 5. The molecule has 2 rings (SSSR count). The van der Waals surface area contributed by atoms with E-state index in [1.807, 2.05) is 12.3 Å². The summed E-state index contributed by atoms with van der Waals surface area (Å²) in [5.41, 5.74) is 7.18. The van der Waals surface area contributed by atoms with E-state index in [-0.39, 0.29) is 24.0 Å². The van der Waals surface area contributed by atoms with Gasteiger partial charge in [-0.3, -0.25) is 0 Å². The Morgan fingerprint density at radius 3 is 2.59 bits per heavy atom. The molecule has 0 radical (unpaired) electrons. The van der Waals surface area contributed by atoms with Crippen LogP contribution in [0.1, 0.15) is 38.7 Å². The van der Waals surface area contributed by atoms with Crippen LogP contribution in [0.5, 0.6) is 0 Å². The van der Waals surface area contributed by atoms with Gasteiger partial charge in [-0.25, -0.2) is 9.98 Å². The van der Waals surface area contributed by atoms with Gasteiger partial charge in [0, 0.05) is 32.4 Å². The molecular formula is C16H28IN5. The second kappa shape index (κ2) is 9.86. The molecule has 6 heteroatoms. The molecule has 0 saturated carbocycles. The maximum absolute atomic E-state index is 6.02. The molecule has 22 heavy (non-hydrogen) atoms. The van der Waals surface area contributed by atoms with E-state index in [0.29, 0.717) is 12.5 Å². The second-order valence-electron chi connectivity index (χ2n) is 5.42. The van der Waals surface area contributed by atoms with Gasteiger partial charge in [-0.05, 0) is 50.8 Å². The van der Waals surface area contributed by atoms with Crippen LogP contribution in [0.4, 0.5) is 5.82 Å². The Morgan fingerprint density at radius 1 is 1.27 bits per heavy atom. The lowest BCUT2D eigenvalue weighted by atomic mass is 10.1. The Morgan fingerprint density at radius 2 is 1.95 bits per heavy atom. The van der Waals surface area contributed by atoms with E-state index in [2.05, 4.69) is 39.7 Å². The zero-order valence-corrected chi connectivity index (χ0v) is 16.0. The van der Waals surface area contributed by atoms with E-state index < -0.39 is 0 Å². The Kier molecular flexibility index (Phi) is 8.52. The van der Waals surface area contributed by atoms with Gasteiger partial charge in [0.15, 0.2) is 5.96 Å². The van der Waals surface area contributed by atoms with Crippen LogP contribution in [0.2, 0.25) is 0 Å². The quantitative estimate of drug-likeness (QED) is 0.455. The smallest absolute Gasteiger partial charge is 0.191 e. The number of nitrogens with zero attached hydrogens (tertiary/aromatic N) is 4. The van der Waals surface area contributed by atoms with E-state index in [1.165, 1.54) is 24.8 Å². The SMILES string of the molecule is CCN(CC)C(N)=NCc1ccnc(N2CCCCC2)c1.I. The first-order valence-corrected chi connectivity index (χ1v) is 7.99. The molecule has 0 bridgehead atoms. The molecule has 0 spiro atoms. The molecule has 0 unspecified atom stereocenters. The Bertz CT molecular complexity index is 467. The number of aromatic nitrogens is 1. The molecule has 2 heterocycles. The van der Waals surface area contributed by atoms with E-state index in [9.17, 15) is 0 Å². The maximum atomic E-state index is 6.02. The molecule has 0 aromatic carbocycles. The first-order chi connectivity index (χ1) is 10.2. The van der Waals surface area contributed by atoms with Gasteiger partial charge in [0.25, 0.3) is 0 Å². The van der Waals surface area contributed by atoms with E-state index >= 15 is 0 Å². The first-order valence-electron chi connectivity index (χ1n) is 7.99. The molecule has 1 fully saturated rings. The Balaban J connectivity index is 0.00000242. The van der Waals surface area contributed by atoms with Gasteiger partial charge in [0.1, 0.15) is 5.82 Å². The fraction of sp³-hybridized carbons (Fsp3) is 0.625. The topological polar surface area (TPSA) is 57.8 Å². The van der Waals surface area contributed by atoms with Crippen molar-refractivity contribution in [3.05, 3.63) is 23.9 Å². The molecule has 1 saturated heterocycles. The molecule has 1 aliphatic heterocycles. The second-order valence-corrected chi connectivity index (χ2v) is 5.42. The van der Waals surface area contributed by atoms with Crippen molar-refractivity contribution in [1.29, 1.82) is 0 Å². The minimum absolute atomic E-state index is 0. The molecule has 1 aromatic rings. The van der Waals surface area contributed by atoms with Gasteiger partial charge < -0.3 is 15.5 Å². The highest BCUT2D eigenvalue weighted by Gasteiger charge is 2.12. The van der Waals surface area contributed by atoms with Crippen LogP contribution in [0.3, 0.4) is 0 Å². The number of anilines is 1. The lowest BCUT2D eigenvalue weighted by Crippen LogP contribution is -2.37. The number of halogens is 1.